The molecular weight excluding hydrogens is 346 g/mol. The van der Waals surface area contributed by atoms with Crippen molar-refractivity contribution in [1.82, 2.24) is 10.9 Å². The highest BCUT2D eigenvalue weighted by atomic mass is 16.6. The number of hydrogen-bond donors (Lipinski definition) is 2. The highest BCUT2D eigenvalue weighted by molar-refractivity contribution is 6.01. The molecule has 0 aliphatic rings. The largest absolute Gasteiger partial charge is 0.282 e. The van der Waals surface area contributed by atoms with E-state index in [1.165, 1.54) is 30.3 Å². The van der Waals surface area contributed by atoms with Crippen molar-refractivity contribution in [2.75, 3.05) is 0 Å². The van der Waals surface area contributed by atoms with E-state index < -0.39 is 16.7 Å². The van der Waals surface area contributed by atoms with Gasteiger partial charge < -0.3 is 0 Å². The van der Waals surface area contributed by atoms with Gasteiger partial charge in [-0.2, -0.15) is 0 Å². The highest BCUT2D eigenvalue weighted by Gasteiger charge is 2.19. The van der Waals surface area contributed by atoms with Gasteiger partial charge in [0.05, 0.1) is 4.92 Å². The van der Waals surface area contributed by atoms with E-state index in [1.807, 2.05) is 42.5 Å². The van der Waals surface area contributed by atoms with E-state index in [4.69, 9.17) is 0 Å². The Hall–Kier alpha value is -4.00. The third-order valence-corrected chi connectivity index (χ3v) is 3.88. The Morgan fingerprint density at radius 3 is 2.41 bits per heavy atom. The molecule has 0 atom stereocenters. The van der Waals surface area contributed by atoms with Crippen molar-refractivity contribution < 1.29 is 14.5 Å². The topological polar surface area (TPSA) is 101 Å². The lowest BCUT2D eigenvalue weighted by Crippen LogP contribution is -2.40. The minimum absolute atomic E-state index is 0.138. The number of benzene rings is 3. The monoisotopic (exact) mass is 361 g/mol. The van der Waals surface area contributed by atoms with Crippen molar-refractivity contribution in [2.45, 2.75) is 0 Å². The lowest BCUT2D eigenvalue weighted by atomic mass is 10.0. The molecule has 0 aliphatic carbocycles. The Balaban J connectivity index is 1.67. The number of hydrogen-bond acceptors (Lipinski definition) is 4. The van der Waals surface area contributed by atoms with Gasteiger partial charge in [0.15, 0.2) is 0 Å². The van der Waals surface area contributed by atoms with Crippen LogP contribution >= 0.6 is 0 Å². The second-order valence-electron chi connectivity index (χ2n) is 5.62. The predicted molar refractivity (Wildman–Crippen MR) is 102 cm³/mol. The van der Waals surface area contributed by atoms with Gasteiger partial charge >= 0.3 is 0 Å². The quantitative estimate of drug-likeness (QED) is 0.423. The summed E-state index contributed by atoms with van der Waals surface area (Å²) >= 11 is 0. The minimum Gasteiger partial charge on any atom is -0.268 e. The van der Waals surface area contributed by atoms with Gasteiger partial charge in [-0.25, -0.2) is 0 Å². The smallest absolute Gasteiger partial charge is 0.268 e. The molecular formula is C20H15N3O4. The molecule has 7 nitrogen and oxygen atoms in total. The van der Waals surface area contributed by atoms with E-state index in [0.29, 0.717) is 0 Å². The van der Waals surface area contributed by atoms with Crippen LogP contribution in [-0.2, 0) is 4.79 Å². The highest BCUT2D eigenvalue weighted by Crippen LogP contribution is 2.19. The molecule has 0 aliphatic heterocycles. The molecule has 134 valence electrons. The summed E-state index contributed by atoms with van der Waals surface area (Å²) in [6.07, 6.45) is 2.91. The molecule has 0 saturated carbocycles. The van der Waals surface area contributed by atoms with Crippen molar-refractivity contribution in [3.63, 3.8) is 0 Å². The van der Waals surface area contributed by atoms with Crippen LogP contribution in [0.4, 0.5) is 5.69 Å². The number of carbonyl (C=O) groups is 2. The fourth-order valence-electron chi connectivity index (χ4n) is 2.61. The van der Waals surface area contributed by atoms with Gasteiger partial charge in [0, 0.05) is 12.1 Å². The molecule has 7 heteroatoms. The van der Waals surface area contributed by atoms with Crippen LogP contribution in [0.3, 0.4) is 0 Å². The Morgan fingerprint density at radius 1 is 0.889 bits per heavy atom. The minimum atomic E-state index is -0.769. The van der Waals surface area contributed by atoms with Crippen molar-refractivity contribution in [1.29, 1.82) is 0 Å². The van der Waals surface area contributed by atoms with Crippen LogP contribution in [0.25, 0.3) is 16.8 Å². The van der Waals surface area contributed by atoms with Crippen molar-refractivity contribution in [2.24, 2.45) is 0 Å². The lowest BCUT2D eigenvalue weighted by Gasteiger charge is -2.06. The molecule has 0 radical (unpaired) electrons. The average Bonchev–Trinajstić information content (AvgIpc) is 2.70. The van der Waals surface area contributed by atoms with E-state index >= 15 is 0 Å². The van der Waals surface area contributed by atoms with Crippen LogP contribution in [0.1, 0.15) is 15.9 Å². The van der Waals surface area contributed by atoms with Gasteiger partial charge in [0.1, 0.15) is 5.56 Å². The van der Waals surface area contributed by atoms with Gasteiger partial charge in [-0.1, -0.05) is 54.6 Å². The maximum absolute atomic E-state index is 12.1. The van der Waals surface area contributed by atoms with Gasteiger partial charge in [-0.15, -0.1) is 0 Å². The van der Waals surface area contributed by atoms with E-state index in [-0.39, 0.29) is 11.3 Å². The number of nitrogens with one attached hydrogen (secondary N) is 2. The van der Waals surface area contributed by atoms with Crippen molar-refractivity contribution in [3.05, 3.63) is 94.0 Å². The summed E-state index contributed by atoms with van der Waals surface area (Å²) in [6, 6.07) is 19.0. The zero-order valence-corrected chi connectivity index (χ0v) is 14.1. The number of nitrogens with zero attached hydrogens (tertiary/aromatic N) is 1. The van der Waals surface area contributed by atoms with Crippen LogP contribution < -0.4 is 10.9 Å². The van der Waals surface area contributed by atoms with Crippen molar-refractivity contribution >= 4 is 34.4 Å². The Kier molecular flexibility index (Phi) is 5.22. The maximum atomic E-state index is 12.1. The van der Waals surface area contributed by atoms with E-state index in [0.717, 1.165) is 16.3 Å². The average molecular weight is 361 g/mol. The fraction of sp³-hybridized carbons (Fsp3) is 0. The summed E-state index contributed by atoms with van der Waals surface area (Å²) in [5, 5.41) is 13.0. The molecule has 0 unspecified atom stereocenters. The van der Waals surface area contributed by atoms with E-state index in [2.05, 4.69) is 10.9 Å². The first-order valence-corrected chi connectivity index (χ1v) is 8.06. The first kappa shape index (κ1) is 17.8. The van der Waals surface area contributed by atoms with Gasteiger partial charge in [-0.05, 0) is 28.5 Å². The van der Waals surface area contributed by atoms with Crippen LogP contribution in [0, 0.1) is 10.1 Å². The number of nitro benzene ring substituents is 1. The third-order valence-electron chi connectivity index (χ3n) is 3.88. The standard InChI is InChI=1S/C20H15N3O4/c24-19(13-12-15-8-5-7-14-6-1-2-9-16(14)15)21-22-20(25)17-10-3-4-11-18(17)23(26)27/h1-13H,(H,21,24)(H,22,25). The molecule has 0 bridgehead atoms. The van der Waals surface area contributed by atoms with E-state index in [1.54, 1.807) is 6.08 Å². The molecule has 0 saturated heterocycles. The van der Waals surface area contributed by atoms with Crippen LogP contribution in [0.5, 0.6) is 0 Å². The zero-order valence-electron chi connectivity index (χ0n) is 14.1. The molecule has 3 aromatic carbocycles. The number of amides is 2. The molecule has 3 rings (SSSR count). The first-order valence-electron chi connectivity index (χ1n) is 8.06. The number of fused-ring (bicyclic) bond motifs is 1. The van der Waals surface area contributed by atoms with Crippen LogP contribution in [-0.4, -0.2) is 16.7 Å². The van der Waals surface area contributed by atoms with Crippen LogP contribution in [0.2, 0.25) is 0 Å². The number of rotatable bonds is 4. The number of carbonyl (C=O) groups excluding carboxylic acids is 2. The van der Waals surface area contributed by atoms with Crippen molar-refractivity contribution in [3.8, 4) is 0 Å². The molecule has 0 heterocycles. The molecule has 0 spiro atoms. The fourth-order valence-corrected chi connectivity index (χ4v) is 2.61. The summed E-state index contributed by atoms with van der Waals surface area (Å²) in [7, 11) is 0. The summed E-state index contributed by atoms with van der Waals surface area (Å²) in [6.45, 7) is 0. The van der Waals surface area contributed by atoms with Gasteiger partial charge in [-0.3, -0.25) is 30.6 Å². The summed E-state index contributed by atoms with van der Waals surface area (Å²) < 4.78 is 0. The SMILES string of the molecule is O=C(C=Cc1cccc2ccccc12)NNC(=O)c1ccccc1[N+](=O)[O-]. The normalized spacial score (nSPS) is 10.7. The molecule has 27 heavy (non-hydrogen) atoms. The number of hydrazine groups is 1. The maximum Gasteiger partial charge on any atom is 0.282 e. The summed E-state index contributed by atoms with van der Waals surface area (Å²) in [5.41, 5.74) is 4.77. The number of nitro groups is 1. The van der Waals surface area contributed by atoms with Crippen LogP contribution in [0.15, 0.2) is 72.8 Å². The zero-order chi connectivity index (χ0) is 19.2. The second kappa shape index (κ2) is 7.92. The van der Waals surface area contributed by atoms with E-state index in [9.17, 15) is 19.7 Å². The molecule has 2 N–H and O–H groups in total. The van der Waals surface area contributed by atoms with Gasteiger partial charge in [0.25, 0.3) is 17.5 Å². The van der Waals surface area contributed by atoms with Gasteiger partial charge in [0.2, 0.25) is 0 Å². The molecule has 2 amide bonds. The first-order chi connectivity index (χ1) is 13.1. The summed E-state index contributed by atoms with van der Waals surface area (Å²) in [4.78, 5) is 34.3. The summed E-state index contributed by atoms with van der Waals surface area (Å²) in [5.74, 6) is -1.33. The number of para-hydroxylation sites is 1. The molecule has 0 aromatic heterocycles. The third kappa shape index (κ3) is 4.16. The molecule has 0 fully saturated rings. The lowest BCUT2D eigenvalue weighted by molar-refractivity contribution is -0.385. The Bertz CT molecular complexity index is 1050. The predicted octanol–water partition coefficient (Wildman–Crippen LogP) is 3.22. The Morgan fingerprint density at radius 2 is 1.59 bits per heavy atom. The Labute approximate surface area is 154 Å². The molecule has 3 aromatic rings. The second-order valence-corrected chi connectivity index (χ2v) is 5.62.